The number of fused-ring (bicyclic) bond motifs is 4. The molecule has 0 aromatic carbocycles. The molecule has 2 fully saturated rings. The number of carboxylic acid groups (broad SMARTS) is 1. The molecule has 43 heteroatoms. The Morgan fingerprint density at radius 2 is 1.16 bits per heavy atom. The van der Waals surface area contributed by atoms with E-state index in [-0.39, 0.29) is 112 Å². The predicted octanol–water partition coefficient (Wildman–Crippen LogP) is -12.6. The molecule has 2 saturated heterocycles. The molecule has 2 bridgehead atoms. The summed E-state index contributed by atoms with van der Waals surface area (Å²) >= 11 is 0. The molecule has 14 amide bonds. The van der Waals surface area contributed by atoms with Gasteiger partial charge in [-0.3, -0.25) is 105 Å². The molecule has 552 valence electrons. The topological polar surface area (TPSA) is 661 Å². The van der Waals surface area contributed by atoms with Crippen molar-refractivity contribution in [2.75, 3.05) is 50.0 Å². The van der Waals surface area contributed by atoms with Crippen LogP contribution in [0.25, 0.3) is 0 Å². The van der Waals surface area contributed by atoms with Crippen molar-refractivity contribution in [2.24, 2.45) is 46.2 Å². The van der Waals surface area contributed by atoms with Crippen LogP contribution in [0.3, 0.4) is 0 Å². The van der Waals surface area contributed by atoms with Crippen molar-refractivity contribution >= 4 is 144 Å². The highest BCUT2D eigenvalue weighted by molar-refractivity contribution is 8.78. The highest BCUT2D eigenvalue weighted by Gasteiger charge is 2.37. The molecule has 1 aromatic rings. The molecule has 11 atom stereocenters. The monoisotopic (exact) mass is 1470 g/mol. The highest BCUT2D eigenvalue weighted by Crippen LogP contribution is 2.36. The van der Waals surface area contributed by atoms with Gasteiger partial charge in [0.1, 0.15) is 60.4 Å². The molecule has 99 heavy (non-hydrogen) atoms. The minimum Gasteiger partial charge on any atom is -0.481 e. The number of imidazole rings is 1. The number of hydrogen-bond acceptors (Lipinski definition) is 20. The Bertz CT molecular complexity index is 3030. The first-order chi connectivity index (χ1) is 46.7. The van der Waals surface area contributed by atoms with Crippen molar-refractivity contribution in [2.45, 2.75) is 164 Å². The first-order valence-electron chi connectivity index (χ1n) is 31.6. The molecule has 3 rings (SSSR count). The van der Waals surface area contributed by atoms with E-state index in [1.54, 1.807) is 27.7 Å². The number of nitrogens with one attached hydrogen (secondary N) is 15. The number of nitrogens with two attached hydrogens (primary N) is 6. The van der Waals surface area contributed by atoms with Crippen LogP contribution in [-0.4, -0.2) is 231 Å². The number of nitrogens with zero attached hydrogens (tertiary/aromatic N) is 1. The first kappa shape index (κ1) is 84.4. The summed E-state index contributed by atoms with van der Waals surface area (Å²) in [7, 11) is 4.01. The van der Waals surface area contributed by atoms with Crippen LogP contribution < -0.4 is 114 Å². The average molecular weight is 1480 g/mol. The van der Waals surface area contributed by atoms with E-state index in [1.165, 1.54) is 12.5 Å². The van der Waals surface area contributed by atoms with Gasteiger partial charge in [-0.15, -0.1) is 0 Å². The average Bonchev–Trinajstić information content (AvgIpc) is 1.58. The molecule has 31 N–H and O–H groups in total. The third-order valence-corrected chi connectivity index (χ3v) is 20.0. The summed E-state index contributed by atoms with van der Waals surface area (Å²) in [6, 6.07) is -15.7. The fraction of sp³-hybridized carbons (Fsp3) is 0.643. The summed E-state index contributed by atoms with van der Waals surface area (Å²) in [6.45, 7) is 5.31. The van der Waals surface area contributed by atoms with Crippen molar-refractivity contribution in [3.63, 3.8) is 0 Å². The minimum absolute atomic E-state index is 0.0123. The van der Waals surface area contributed by atoms with Crippen LogP contribution in [0.2, 0.25) is 0 Å². The maximum atomic E-state index is 14.7. The Morgan fingerprint density at radius 3 is 1.73 bits per heavy atom. The SMILES string of the molecule is CC(C)C[C@H](NC(=O)[C@@H]1CSSC[C@H]2C[C@H](NC(=O)C[NH3+])C(=O)N[C@@H](CC(C)C)C(=O)NCC(=O)N[C@@H](CCC[NH+]=C(N)N)C(=O)NCC(=O)N[C@@H](CSS2)C(=O)N[C@@H](CCC(=O)O)C(=O)N[C@@H](CC(N)=O)C(=O)N[C@@H](Cc2cnc[nH]2)C(=O)N[C@@H](CCC[NH+]=C(N)N)C(=O)N1)C(N)=O. The van der Waals surface area contributed by atoms with Gasteiger partial charge in [0.15, 0.2) is 6.54 Å². The lowest BCUT2D eigenvalue weighted by Gasteiger charge is -2.28. The summed E-state index contributed by atoms with van der Waals surface area (Å²) in [5.41, 5.74) is 37.5. The molecule has 0 saturated carbocycles. The number of aliphatic carboxylic acids is 1. The number of aromatic nitrogens is 2. The van der Waals surface area contributed by atoms with Crippen LogP contribution >= 0.6 is 43.2 Å². The Balaban J connectivity index is 2.39. The Labute approximate surface area is 585 Å². The first-order valence-corrected chi connectivity index (χ1v) is 36.5. The fourth-order valence-corrected chi connectivity index (χ4v) is 15.4. The van der Waals surface area contributed by atoms with Gasteiger partial charge < -0.3 is 91.1 Å². The van der Waals surface area contributed by atoms with E-state index in [9.17, 15) is 77.0 Å². The molecule has 0 unspecified atom stereocenters. The number of primary amides is 2. The van der Waals surface area contributed by atoms with Crippen LogP contribution in [0.4, 0.5) is 0 Å². The lowest BCUT2D eigenvalue weighted by atomic mass is 10.0. The van der Waals surface area contributed by atoms with Gasteiger partial charge in [-0.25, -0.2) is 4.98 Å². The summed E-state index contributed by atoms with van der Waals surface area (Å²) in [5.74, 6) is -16.7. The molecular weight excluding hydrogens is 1380 g/mol. The van der Waals surface area contributed by atoms with E-state index < -0.39 is 192 Å². The number of hydrogen-bond donors (Lipinski definition) is 23. The van der Waals surface area contributed by atoms with E-state index >= 15 is 0 Å². The van der Waals surface area contributed by atoms with Gasteiger partial charge in [-0.2, -0.15) is 0 Å². The standard InChI is InChI=1S/C56H93N23O16S4/c1-26(2)13-33(45(59)86)75-54(95)39-23-97-96-22-29-16-36(71-41(81)18-57)51(92)76-34(14-27(3)4)47(88)68-20-42(82)70-30(7-5-11-65-55(60)61)46(87)67-21-43(83)72-38(24-98-99-29)53(94)74-32(9-10-44(84)85)49(90)78-37(17-40(58)80)52(93)77-35(15-28-19-64-25-69-28)50(91)73-31(48(89)79-39)8-6-12-66-56(62)63/h19,25-27,29-39H,5-18,20-24,57H2,1-4H3,(H2,58,80)(H2,59,86)(H,64,69)(H,67,87)(H,68,88)(H,70,82)(H,71,81)(H,72,83)(H,73,91)(H,74,94)(H,75,95)(H,76,92)(H,77,93)(H,78,90)(H,79,89)(H,84,85)(H4,60,61,65)(H4,62,63,66)/p+3/t29-,30+,31+,32+,33+,34+,35+,36+,37+,38+,39+/m1/s1. The fourth-order valence-electron chi connectivity index (χ4n) is 9.49. The smallest absolute Gasteiger partial charge is 0.338 e. The second kappa shape index (κ2) is 44.2. The lowest BCUT2D eigenvalue weighted by molar-refractivity contribution is -0.460. The van der Waals surface area contributed by atoms with Gasteiger partial charge in [-0.05, 0) is 63.2 Å². The minimum atomic E-state index is -1.97. The zero-order chi connectivity index (χ0) is 73.9. The highest BCUT2D eigenvalue weighted by atomic mass is 33.1. The number of carbonyl (C=O) groups excluding carboxylic acids is 14. The number of carboxylic acids is 1. The van der Waals surface area contributed by atoms with E-state index in [4.69, 9.17) is 34.4 Å². The zero-order valence-electron chi connectivity index (χ0n) is 55.4. The number of amides is 14. The molecule has 0 radical (unpaired) electrons. The molecule has 1 aromatic heterocycles. The van der Waals surface area contributed by atoms with Crippen molar-refractivity contribution in [3.8, 4) is 0 Å². The molecule has 3 heterocycles. The second-order valence-corrected chi connectivity index (χ2v) is 29.1. The van der Waals surface area contributed by atoms with Crippen molar-refractivity contribution < 1.29 is 92.7 Å². The van der Waals surface area contributed by atoms with Crippen molar-refractivity contribution in [1.82, 2.24) is 73.8 Å². The largest absolute Gasteiger partial charge is 0.481 e. The Kier molecular flexibility index (Phi) is 37.7. The zero-order valence-corrected chi connectivity index (χ0v) is 58.7. The lowest BCUT2D eigenvalue weighted by Crippen LogP contribution is -2.78. The van der Waals surface area contributed by atoms with Gasteiger partial charge in [0.05, 0.1) is 38.9 Å². The third kappa shape index (κ3) is 33.5. The maximum absolute atomic E-state index is 14.7. The number of guanidine groups is 2. The molecule has 39 nitrogen and oxygen atoms in total. The summed E-state index contributed by atoms with van der Waals surface area (Å²) in [6.07, 6.45) is -0.475. The summed E-state index contributed by atoms with van der Waals surface area (Å²) in [5, 5.41) is 39.3. The van der Waals surface area contributed by atoms with Crippen LogP contribution in [0.5, 0.6) is 0 Å². The van der Waals surface area contributed by atoms with E-state index in [0.717, 1.165) is 43.2 Å². The molecule has 2 aliphatic heterocycles. The molecule has 0 aliphatic carbocycles. The van der Waals surface area contributed by atoms with Crippen LogP contribution in [-0.2, 0) is 78.3 Å². The predicted molar refractivity (Wildman–Crippen MR) is 364 cm³/mol. The van der Waals surface area contributed by atoms with Crippen molar-refractivity contribution in [1.29, 1.82) is 0 Å². The van der Waals surface area contributed by atoms with E-state index in [1.807, 2.05) is 0 Å². The van der Waals surface area contributed by atoms with Gasteiger partial charge >= 0.3 is 17.9 Å². The second-order valence-electron chi connectivity index (χ2n) is 23.9. The van der Waals surface area contributed by atoms with Gasteiger partial charge in [0.25, 0.3) is 5.91 Å². The summed E-state index contributed by atoms with van der Waals surface area (Å²) < 4.78 is 0. The maximum Gasteiger partial charge on any atom is 0.338 e. The Morgan fingerprint density at radius 1 is 0.626 bits per heavy atom. The van der Waals surface area contributed by atoms with Crippen LogP contribution in [0, 0.1) is 11.8 Å². The molecule has 2 aliphatic rings. The molecule has 0 spiro atoms. The van der Waals surface area contributed by atoms with E-state index in [2.05, 4.69) is 89.5 Å². The van der Waals surface area contributed by atoms with Crippen molar-refractivity contribution in [3.05, 3.63) is 18.2 Å². The number of quaternary nitrogens is 1. The molecular formula is C56H96N23O16S4+3. The number of aromatic amines is 1. The number of carbonyl (C=O) groups is 15. The van der Waals surface area contributed by atoms with E-state index in [0.29, 0.717) is 0 Å². The number of rotatable bonds is 24. The van der Waals surface area contributed by atoms with Crippen LogP contribution in [0.1, 0.15) is 97.6 Å². The quantitative estimate of drug-likeness (QED) is 0.0198. The third-order valence-electron chi connectivity index (χ3n) is 14.4. The van der Waals surface area contributed by atoms with Gasteiger partial charge in [-0.1, -0.05) is 70.9 Å². The Hall–Kier alpha value is -8.84. The summed E-state index contributed by atoms with van der Waals surface area (Å²) in [4.78, 5) is 220. The number of H-pyrrole nitrogens is 1. The van der Waals surface area contributed by atoms with Crippen LogP contribution in [0.15, 0.2) is 12.5 Å². The normalized spacial score (nSPS) is 23.9. The van der Waals surface area contributed by atoms with Gasteiger partial charge in [0.2, 0.25) is 76.8 Å². The van der Waals surface area contributed by atoms with Gasteiger partial charge in [0, 0.05) is 47.2 Å².